The van der Waals surface area contributed by atoms with Crippen molar-refractivity contribution in [2.45, 2.75) is 52.4 Å². The minimum atomic E-state index is -3.11. The van der Waals surface area contributed by atoms with Crippen molar-refractivity contribution in [2.24, 2.45) is 0 Å². The fraction of sp³-hybridized carbons (Fsp3) is 0.400. The van der Waals surface area contributed by atoms with Crippen molar-refractivity contribution in [3.05, 3.63) is 40.4 Å². The maximum absolute atomic E-state index is 12.8. The second-order valence-corrected chi connectivity index (χ2v) is 8.21. The van der Waals surface area contributed by atoms with Crippen molar-refractivity contribution >= 4 is 30.5 Å². The lowest BCUT2D eigenvalue weighted by Crippen LogP contribution is -2.41. The van der Waals surface area contributed by atoms with E-state index in [-0.39, 0.29) is 5.56 Å². The fourth-order valence-electron chi connectivity index (χ4n) is 3.01. The molecule has 0 saturated carbocycles. The topological polar surface area (TPSA) is 57.6 Å². The zero-order valence-corrected chi connectivity index (χ0v) is 17.5. The highest BCUT2D eigenvalue weighted by Crippen LogP contribution is 2.38. The molecule has 9 heteroatoms. The van der Waals surface area contributed by atoms with E-state index in [1.807, 2.05) is 27.7 Å². The summed E-state index contributed by atoms with van der Waals surface area (Å²) in [6.45, 7) is 6.23. The van der Waals surface area contributed by atoms with E-state index in [0.29, 0.717) is 33.6 Å². The first-order chi connectivity index (χ1) is 13.5. The van der Waals surface area contributed by atoms with Gasteiger partial charge in [0, 0.05) is 16.0 Å². The van der Waals surface area contributed by atoms with Crippen LogP contribution in [-0.2, 0) is 9.31 Å². The number of halogens is 3. The number of aromatic nitrogens is 1. The Hall–Kier alpha value is -2.03. The van der Waals surface area contributed by atoms with Gasteiger partial charge in [0.25, 0.3) is 0 Å². The van der Waals surface area contributed by atoms with Gasteiger partial charge in [0.1, 0.15) is 0 Å². The van der Waals surface area contributed by atoms with Gasteiger partial charge in [0.2, 0.25) is 5.88 Å². The Bertz CT molecular complexity index is 936. The zero-order chi connectivity index (χ0) is 21.6. The number of nitrogens with zero attached hydrogens (tertiary/aromatic N) is 1. The molecule has 1 fully saturated rings. The van der Waals surface area contributed by atoms with Crippen molar-refractivity contribution in [3.8, 4) is 17.1 Å². The largest absolute Gasteiger partial charge is 0.496 e. The fourth-order valence-corrected chi connectivity index (χ4v) is 3.32. The summed E-state index contributed by atoms with van der Waals surface area (Å²) in [6, 6.07) is 6.82. The molecular formula is C20H21BClF2NO4. The Morgan fingerprint density at radius 1 is 1.21 bits per heavy atom. The van der Waals surface area contributed by atoms with E-state index in [4.69, 9.17) is 20.9 Å². The summed E-state index contributed by atoms with van der Waals surface area (Å²) in [6.07, 6.45) is 0.437. The van der Waals surface area contributed by atoms with Crippen molar-refractivity contribution in [3.63, 3.8) is 0 Å². The highest BCUT2D eigenvalue weighted by atomic mass is 35.5. The van der Waals surface area contributed by atoms with Crippen LogP contribution in [0.3, 0.4) is 0 Å². The van der Waals surface area contributed by atoms with Crippen molar-refractivity contribution in [1.29, 1.82) is 0 Å². The molecule has 2 aromatic rings. The van der Waals surface area contributed by atoms with Crippen LogP contribution in [0.2, 0.25) is 5.02 Å². The van der Waals surface area contributed by atoms with E-state index in [9.17, 15) is 13.6 Å². The molecule has 1 aliphatic heterocycles. The quantitative estimate of drug-likeness (QED) is 0.526. The molecule has 0 bridgehead atoms. The first-order valence-electron chi connectivity index (χ1n) is 9.03. The lowest BCUT2D eigenvalue weighted by atomic mass is 9.78. The van der Waals surface area contributed by atoms with Crippen LogP contribution in [0.4, 0.5) is 8.78 Å². The molecule has 0 atom stereocenters. The van der Waals surface area contributed by atoms with Gasteiger partial charge in [0.15, 0.2) is 6.29 Å². The summed E-state index contributed by atoms with van der Waals surface area (Å²) < 4.78 is 42.1. The minimum absolute atomic E-state index is 0.0349. The van der Waals surface area contributed by atoms with E-state index in [0.717, 1.165) is 0 Å². The van der Waals surface area contributed by atoms with Crippen LogP contribution >= 0.6 is 11.6 Å². The summed E-state index contributed by atoms with van der Waals surface area (Å²) in [4.78, 5) is 15.4. The van der Waals surface area contributed by atoms with Crippen LogP contribution < -0.4 is 10.2 Å². The predicted octanol–water partition coefficient (Wildman–Crippen LogP) is 4.42. The first-order valence-corrected chi connectivity index (χ1v) is 9.40. The summed E-state index contributed by atoms with van der Waals surface area (Å²) in [5.74, 6) is -0.442. The average molecular weight is 424 g/mol. The molecule has 0 amide bonds. The smallest absolute Gasteiger partial charge is 0.416 e. The molecular weight excluding hydrogens is 402 g/mol. The maximum Gasteiger partial charge on any atom is 0.496 e. The molecule has 0 radical (unpaired) electrons. The van der Waals surface area contributed by atoms with E-state index in [2.05, 4.69) is 9.72 Å². The summed E-state index contributed by atoms with van der Waals surface area (Å²) in [5.41, 5.74) is 0.694. The normalized spacial score (nSPS) is 17.6. The Morgan fingerprint density at radius 3 is 2.38 bits per heavy atom. The number of ether oxygens (including phenoxy) is 1. The molecule has 0 spiro atoms. The molecule has 2 heterocycles. The second-order valence-electron chi connectivity index (χ2n) is 7.84. The number of hydrogen-bond acceptors (Lipinski definition) is 5. The van der Waals surface area contributed by atoms with Crippen molar-refractivity contribution in [2.75, 3.05) is 0 Å². The predicted molar refractivity (Wildman–Crippen MR) is 107 cm³/mol. The van der Waals surface area contributed by atoms with Crippen LogP contribution in [0.1, 0.15) is 43.6 Å². The summed E-state index contributed by atoms with van der Waals surface area (Å²) in [5, 5.41) is 0.319. The Balaban J connectivity index is 2.07. The number of carbonyl (C=O) groups excluding carboxylic acids is 1. The molecule has 154 valence electrons. The molecule has 5 nitrogen and oxygen atoms in total. The second kappa shape index (κ2) is 7.67. The Kier molecular flexibility index (Phi) is 5.73. The molecule has 3 rings (SSSR count). The van der Waals surface area contributed by atoms with E-state index < -0.39 is 30.8 Å². The molecule has 1 aliphatic rings. The van der Waals surface area contributed by atoms with Gasteiger partial charge >= 0.3 is 13.7 Å². The highest BCUT2D eigenvalue weighted by Gasteiger charge is 2.52. The molecule has 0 unspecified atom stereocenters. The van der Waals surface area contributed by atoms with E-state index in [1.54, 1.807) is 31.2 Å². The monoisotopic (exact) mass is 423 g/mol. The SMILES string of the molecule is Cc1cc(-c2cccc(B3OC(C)(C)C(C)(C)O3)c2Cl)nc(OC(F)F)c1C=O. The Morgan fingerprint density at radius 2 is 1.83 bits per heavy atom. The lowest BCUT2D eigenvalue weighted by molar-refractivity contribution is -0.0530. The van der Waals surface area contributed by atoms with Gasteiger partial charge in [-0.25, -0.2) is 4.98 Å². The number of aldehydes is 1. The van der Waals surface area contributed by atoms with Crippen LogP contribution in [0.25, 0.3) is 11.3 Å². The average Bonchev–Trinajstić information content (AvgIpc) is 2.81. The van der Waals surface area contributed by atoms with Crippen LogP contribution in [0.15, 0.2) is 24.3 Å². The molecule has 0 N–H and O–H groups in total. The summed E-state index contributed by atoms with van der Waals surface area (Å²) in [7, 11) is -0.695. The van der Waals surface area contributed by atoms with Gasteiger partial charge in [0.05, 0.1) is 22.5 Å². The standard InChI is InChI=1S/C20H21BClF2NO4/c1-11-9-15(25-17(13(11)10-26)27-18(23)24)12-7-6-8-14(16(12)22)21-28-19(2,3)20(4,5)29-21/h6-10,18H,1-5H3. The third kappa shape index (κ3) is 4.02. The number of aryl methyl sites for hydroxylation is 1. The third-order valence-electron chi connectivity index (χ3n) is 5.36. The van der Waals surface area contributed by atoms with Gasteiger partial charge in [-0.15, -0.1) is 0 Å². The molecule has 1 aromatic carbocycles. The number of alkyl halides is 2. The minimum Gasteiger partial charge on any atom is -0.416 e. The zero-order valence-electron chi connectivity index (χ0n) is 16.8. The maximum atomic E-state index is 12.8. The van der Waals surface area contributed by atoms with Crippen molar-refractivity contribution < 1.29 is 27.6 Å². The van der Waals surface area contributed by atoms with Gasteiger partial charge in [-0.05, 0) is 46.2 Å². The van der Waals surface area contributed by atoms with Gasteiger partial charge in [-0.1, -0.05) is 29.8 Å². The number of hydrogen-bond donors (Lipinski definition) is 0. The van der Waals surface area contributed by atoms with Crippen molar-refractivity contribution in [1.82, 2.24) is 4.98 Å². The van der Waals surface area contributed by atoms with Gasteiger partial charge in [-0.2, -0.15) is 8.78 Å². The lowest BCUT2D eigenvalue weighted by Gasteiger charge is -2.32. The summed E-state index contributed by atoms with van der Waals surface area (Å²) >= 11 is 6.64. The molecule has 1 aromatic heterocycles. The number of benzene rings is 1. The molecule has 1 saturated heterocycles. The Labute approximate surface area is 173 Å². The van der Waals surface area contributed by atoms with E-state index >= 15 is 0 Å². The first kappa shape index (κ1) is 21.7. The number of rotatable bonds is 5. The number of pyridine rings is 1. The highest BCUT2D eigenvalue weighted by molar-refractivity contribution is 6.66. The van der Waals surface area contributed by atoms with Gasteiger partial charge in [-0.3, -0.25) is 4.79 Å². The van der Waals surface area contributed by atoms with Crippen LogP contribution in [0.5, 0.6) is 5.88 Å². The molecule has 0 aliphatic carbocycles. The molecule has 29 heavy (non-hydrogen) atoms. The van der Waals surface area contributed by atoms with Crippen LogP contribution in [0, 0.1) is 6.92 Å². The third-order valence-corrected chi connectivity index (χ3v) is 5.78. The van der Waals surface area contributed by atoms with E-state index in [1.165, 1.54) is 0 Å². The van der Waals surface area contributed by atoms with Gasteiger partial charge < -0.3 is 14.0 Å². The van der Waals surface area contributed by atoms with Crippen LogP contribution in [-0.4, -0.2) is 36.2 Å². The number of carbonyl (C=O) groups is 1.